The summed E-state index contributed by atoms with van der Waals surface area (Å²) in [6, 6.07) is 8.09. The number of fused-ring (bicyclic) bond motifs is 1. The van der Waals surface area contributed by atoms with E-state index in [4.69, 9.17) is 0 Å². The molecule has 0 spiro atoms. The summed E-state index contributed by atoms with van der Waals surface area (Å²) in [5, 5.41) is 3.00. The van der Waals surface area contributed by atoms with E-state index in [0.717, 1.165) is 35.2 Å². The van der Waals surface area contributed by atoms with Gasteiger partial charge in [0.15, 0.2) is 0 Å². The smallest absolute Gasteiger partial charge is 0.247 e. The van der Waals surface area contributed by atoms with Gasteiger partial charge in [-0.15, -0.1) is 0 Å². The molecule has 0 aliphatic carbocycles. The first-order valence-electron chi connectivity index (χ1n) is 10.9. The number of nitrogens with zero attached hydrogens (tertiary/aromatic N) is 2. The molecule has 4 rings (SSSR count). The van der Waals surface area contributed by atoms with Gasteiger partial charge in [-0.2, -0.15) is 4.31 Å². The largest absolute Gasteiger partial charge is 0.324 e. The molecule has 2 aromatic rings. The van der Waals surface area contributed by atoms with Gasteiger partial charge in [0.25, 0.3) is 0 Å². The number of nitrogens with one attached hydrogen (secondary N) is 1. The number of rotatable bonds is 4. The van der Waals surface area contributed by atoms with E-state index >= 15 is 0 Å². The molecular formula is C24H29N3O4S. The van der Waals surface area contributed by atoms with Crippen LogP contribution in [0, 0.1) is 20.8 Å². The van der Waals surface area contributed by atoms with Gasteiger partial charge in [0.1, 0.15) is 6.04 Å². The predicted molar refractivity (Wildman–Crippen MR) is 124 cm³/mol. The van der Waals surface area contributed by atoms with E-state index in [1.54, 1.807) is 12.1 Å². The number of hydrogen-bond acceptors (Lipinski definition) is 4. The number of benzene rings is 2. The average Bonchev–Trinajstić information content (AvgIpc) is 3.38. The highest BCUT2D eigenvalue weighted by Gasteiger charge is 2.38. The molecule has 0 radical (unpaired) electrons. The summed E-state index contributed by atoms with van der Waals surface area (Å²) >= 11 is 0. The zero-order chi connectivity index (χ0) is 23.2. The molecule has 2 aliphatic heterocycles. The molecule has 2 aromatic carbocycles. The van der Waals surface area contributed by atoms with Crippen molar-refractivity contribution in [3.63, 3.8) is 0 Å². The minimum Gasteiger partial charge on any atom is -0.324 e. The third-order valence-electron chi connectivity index (χ3n) is 6.31. The van der Waals surface area contributed by atoms with Crippen LogP contribution in [0.25, 0.3) is 0 Å². The molecule has 170 valence electrons. The maximum absolute atomic E-state index is 13.2. The molecular weight excluding hydrogens is 426 g/mol. The maximum Gasteiger partial charge on any atom is 0.247 e. The Labute approximate surface area is 189 Å². The molecule has 1 saturated heterocycles. The van der Waals surface area contributed by atoms with Gasteiger partial charge in [0, 0.05) is 37.8 Å². The van der Waals surface area contributed by atoms with E-state index < -0.39 is 16.1 Å². The van der Waals surface area contributed by atoms with Crippen LogP contribution in [0.4, 0.5) is 11.4 Å². The molecule has 2 amide bonds. The third kappa shape index (κ3) is 3.93. The number of sulfonamides is 1. The minimum absolute atomic E-state index is 0.216. The number of anilines is 2. The number of carbonyl (C=O) groups excluding carboxylic acids is 2. The predicted octanol–water partition coefficient (Wildman–Crippen LogP) is 3.31. The maximum atomic E-state index is 13.2. The van der Waals surface area contributed by atoms with Gasteiger partial charge < -0.3 is 5.32 Å². The van der Waals surface area contributed by atoms with Crippen molar-refractivity contribution in [3.8, 4) is 0 Å². The van der Waals surface area contributed by atoms with Crippen molar-refractivity contribution in [1.29, 1.82) is 0 Å². The van der Waals surface area contributed by atoms with Crippen molar-refractivity contribution in [3.05, 3.63) is 52.6 Å². The highest BCUT2D eigenvalue weighted by atomic mass is 32.2. The van der Waals surface area contributed by atoms with Crippen LogP contribution in [0.3, 0.4) is 0 Å². The molecule has 0 aromatic heterocycles. The fourth-order valence-corrected chi connectivity index (χ4v) is 6.42. The van der Waals surface area contributed by atoms with Gasteiger partial charge in [-0.05, 0) is 68.5 Å². The molecule has 1 unspecified atom stereocenters. The lowest BCUT2D eigenvalue weighted by atomic mass is 10.0. The van der Waals surface area contributed by atoms with E-state index in [1.165, 1.54) is 22.2 Å². The fourth-order valence-electron chi connectivity index (χ4n) is 4.85. The lowest BCUT2D eigenvalue weighted by Gasteiger charge is -2.24. The highest BCUT2D eigenvalue weighted by molar-refractivity contribution is 7.89. The number of amides is 2. The summed E-state index contributed by atoms with van der Waals surface area (Å²) < 4.78 is 27.4. The highest BCUT2D eigenvalue weighted by Crippen LogP contribution is 2.36. The number of hydrogen-bond donors (Lipinski definition) is 1. The molecule has 1 fully saturated rings. The van der Waals surface area contributed by atoms with Crippen molar-refractivity contribution in [1.82, 2.24) is 4.31 Å². The van der Waals surface area contributed by atoms with E-state index in [2.05, 4.69) is 5.32 Å². The van der Waals surface area contributed by atoms with Gasteiger partial charge >= 0.3 is 0 Å². The monoisotopic (exact) mass is 455 g/mol. The van der Waals surface area contributed by atoms with Gasteiger partial charge in [-0.3, -0.25) is 14.5 Å². The Bertz CT molecular complexity index is 1180. The summed E-state index contributed by atoms with van der Waals surface area (Å²) in [4.78, 5) is 27.4. The Hall–Kier alpha value is -2.71. The first kappa shape index (κ1) is 22.5. The van der Waals surface area contributed by atoms with Crippen molar-refractivity contribution < 1.29 is 18.0 Å². The molecule has 2 aliphatic rings. The van der Waals surface area contributed by atoms with Crippen LogP contribution in [0.1, 0.15) is 42.0 Å². The van der Waals surface area contributed by atoms with Crippen LogP contribution in [-0.2, 0) is 26.0 Å². The van der Waals surface area contributed by atoms with Crippen LogP contribution in [0.15, 0.2) is 35.2 Å². The number of aryl methyl sites for hydroxylation is 3. The molecule has 8 heteroatoms. The van der Waals surface area contributed by atoms with Crippen LogP contribution >= 0.6 is 0 Å². The molecule has 0 bridgehead atoms. The Kier molecular flexibility index (Phi) is 5.85. The Balaban J connectivity index is 1.64. The standard InChI is InChI=1S/C24H29N3O4S/c1-15-11-16(2)23(17(3)12-15)25-24(29)22-14-19-13-20(7-8-21(19)27(22)18(4)28)32(30,31)26-9-5-6-10-26/h7-8,11-13,22H,5-6,9-10,14H2,1-4H3,(H,25,29). The second-order valence-corrected chi connectivity index (χ2v) is 10.7. The van der Waals surface area contributed by atoms with Crippen LogP contribution in [-0.4, -0.2) is 43.7 Å². The third-order valence-corrected chi connectivity index (χ3v) is 8.20. The summed E-state index contributed by atoms with van der Waals surface area (Å²) in [5.74, 6) is -0.535. The summed E-state index contributed by atoms with van der Waals surface area (Å²) in [7, 11) is -3.57. The summed E-state index contributed by atoms with van der Waals surface area (Å²) in [6.45, 7) is 8.37. The van der Waals surface area contributed by atoms with Crippen LogP contribution in [0.5, 0.6) is 0 Å². The van der Waals surface area contributed by atoms with Gasteiger partial charge in [0.2, 0.25) is 21.8 Å². The van der Waals surface area contributed by atoms with Crippen molar-refractivity contribution >= 4 is 33.2 Å². The normalized spacial score (nSPS) is 18.6. The summed E-state index contributed by atoms with van der Waals surface area (Å²) in [6.07, 6.45) is 2.00. The van der Waals surface area contributed by atoms with E-state index in [1.807, 2.05) is 32.9 Å². The molecule has 7 nitrogen and oxygen atoms in total. The molecule has 32 heavy (non-hydrogen) atoms. The quantitative estimate of drug-likeness (QED) is 0.766. The average molecular weight is 456 g/mol. The Morgan fingerprint density at radius 1 is 1.00 bits per heavy atom. The van der Waals surface area contributed by atoms with E-state index in [9.17, 15) is 18.0 Å². The van der Waals surface area contributed by atoms with Crippen molar-refractivity contribution in [2.75, 3.05) is 23.3 Å². The zero-order valence-corrected chi connectivity index (χ0v) is 19.8. The fraction of sp³-hybridized carbons (Fsp3) is 0.417. The van der Waals surface area contributed by atoms with Crippen LogP contribution in [0.2, 0.25) is 0 Å². The lowest BCUT2D eigenvalue weighted by molar-refractivity contribution is -0.122. The summed E-state index contributed by atoms with van der Waals surface area (Å²) in [5.41, 5.74) is 5.06. The Morgan fingerprint density at radius 3 is 2.22 bits per heavy atom. The second kappa shape index (κ2) is 8.33. The molecule has 1 atom stereocenters. The SMILES string of the molecule is CC(=O)N1c2ccc(S(=O)(=O)N3CCCC3)cc2CC1C(=O)Nc1c(C)cc(C)cc1C. The van der Waals surface area contributed by atoms with Crippen LogP contribution < -0.4 is 10.2 Å². The van der Waals surface area contributed by atoms with Gasteiger partial charge in [0.05, 0.1) is 4.90 Å². The van der Waals surface area contributed by atoms with Gasteiger partial charge in [-0.1, -0.05) is 17.7 Å². The first-order valence-corrected chi connectivity index (χ1v) is 12.3. The van der Waals surface area contributed by atoms with Crippen molar-refractivity contribution in [2.24, 2.45) is 0 Å². The zero-order valence-electron chi connectivity index (χ0n) is 18.9. The second-order valence-electron chi connectivity index (χ2n) is 8.77. The number of carbonyl (C=O) groups is 2. The minimum atomic E-state index is -3.57. The topological polar surface area (TPSA) is 86.8 Å². The molecule has 0 saturated carbocycles. The lowest BCUT2D eigenvalue weighted by Crippen LogP contribution is -2.44. The molecule has 1 N–H and O–H groups in total. The Morgan fingerprint density at radius 2 is 1.62 bits per heavy atom. The first-order chi connectivity index (χ1) is 15.1. The molecule has 2 heterocycles. The van der Waals surface area contributed by atoms with E-state index in [0.29, 0.717) is 24.3 Å². The van der Waals surface area contributed by atoms with E-state index in [-0.39, 0.29) is 23.1 Å². The van der Waals surface area contributed by atoms with Gasteiger partial charge in [-0.25, -0.2) is 8.42 Å². The van der Waals surface area contributed by atoms with Crippen molar-refractivity contribution in [2.45, 2.75) is 57.9 Å².